The molecular weight excluding hydrogens is 403 g/mol. The third kappa shape index (κ3) is 3.77. The van der Waals surface area contributed by atoms with Gasteiger partial charge in [-0.25, -0.2) is 4.39 Å². The highest BCUT2D eigenvalue weighted by Crippen LogP contribution is 2.30. The fraction of sp³-hybridized carbons (Fsp3) is 0.269. The smallest absolute Gasteiger partial charge is 0.229 e. The summed E-state index contributed by atoms with van der Waals surface area (Å²) in [6, 6.07) is 20.4. The maximum Gasteiger partial charge on any atom is 0.229 e. The fourth-order valence-electron chi connectivity index (χ4n) is 4.60. The van der Waals surface area contributed by atoms with Crippen LogP contribution in [0.3, 0.4) is 0 Å². The first-order valence-electron chi connectivity index (χ1n) is 11.0. The molecule has 0 unspecified atom stereocenters. The van der Waals surface area contributed by atoms with Crippen molar-refractivity contribution < 1.29 is 9.18 Å². The van der Waals surface area contributed by atoms with Crippen molar-refractivity contribution >= 4 is 11.6 Å². The van der Waals surface area contributed by atoms with Crippen LogP contribution in [0.1, 0.15) is 43.0 Å². The number of pyridine rings is 1. The molecular formula is C26H25FN4O. The SMILES string of the molecule is C[C@@H](C(=O)N1CCC[C@H](c2nnc3ccccn23)C1)c1ccc(-c2ccccc2)c(F)c1. The molecule has 32 heavy (non-hydrogen) atoms. The Morgan fingerprint density at radius 1 is 1.06 bits per heavy atom. The van der Waals surface area contributed by atoms with Gasteiger partial charge in [0.1, 0.15) is 11.6 Å². The molecule has 1 saturated heterocycles. The molecule has 5 nitrogen and oxygen atoms in total. The predicted molar refractivity (Wildman–Crippen MR) is 122 cm³/mol. The summed E-state index contributed by atoms with van der Waals surface area (Å²) in [6.45, 7) is 3.17. The van der Waals surface area contributed by atoms with E-state index in [9.17, 15) is 9.18 Å². The number of piperidine rings is 1. The molecule has 1 aliphatic heterocycles. The molecule has 1 aliphatic rings. The summed E-state index contributed by atoms with van der Waals surface area (Å²) in [5.74, 6) is 0.330. The topological polar surface area (TPSA) is 50.5 Å². The molecule has 5 rings (SSSR count). The number of aromatic nitrogens is 3. The normalized spacial score (nSPS) is 17.4. The van der Waals surface area contributed by atoms with Gasteiger partial charge < -0.3 is 4.90 Å². The van der Waals surface area contributed by atoms with Gasteiger partial charge in [0.25, 0.3) is 0 Å². The van der Waals surface area contributed by atoms with Crippen LogP contribution < -0.4 is 0 Å². The van der Waals surface area contributed by atoms with Crippen molar-refractivity contribution in [2.45, 2.75) is 31.6 Å². The minimum atomic E-state index is -0.414. The quantitative estimate of drug-likeness (QED) is 0.457. The van der Waals surface area contributed by atoms with Crippen molar-refractivity contribution in [2.75, 3.05) is 13.1 Å². The van der Waals surface area contributed by atoms with Crippen LogP contribution in [0.25, 0.3) is 16.8 Å². The van der Waals surface area contributed by atoms with Crippen molar-refractivity contribution in [2.24, 2.45) is 0 Å². The summed E-state index contributed by atoms with van der Waals surface area (Å²) in [5, 5.41) is 8.65. The Morgan fingerprint density at radius 3 is 2.69 bits per heavy atom. The summed E-state index contributed by atoms with van der Waals surface area (Å²) in [6.07, 6.45) is 3.84. The number of benzene rings is 2. The number of likely N-dealkylation sites (tertiary alicyclic amines) is 1. The summed E-state index contributed by atoms with van der Waals surface area (Å²) >= 11 is 0. The van der Waals surface area contributed by atoms with Crippen molar-refractivity contribution in [3.63, 3.8) is 0 Å². The minimum Gasteiger partial charge on any atom is -0.341 e. The highest BCUT2D eigenvalue weighted by molar-refractivity contribution is 5.83. The first-order chi connectivity index (χ1) is 15.6. The van der Waals surface area contributed by atoms with E-state index >= 15 is 0 Å². The second-order valence-electron chi connectivity index (χ2n) is 8.44. The highest BCUT2D eigenvalue weighted by atomic mass is 19.1. The minimum absolute atomic E-state index is 0.0235. The molecule has 0 bridgehead atoms. The fourth-order valence-corrected chi connectivity index (χ4v) is 4.60. The Balaban J connectivity index is 1.34. The van der Waals surface area contributed by atoms with Crippen molar-refractivity contribution in [3.05, 3.63) is 90.1 Å². The maximum atomic E-state index is 14.9. The number of carbonyl (C=O) groups excluding carboxylic acids is 1. The molecule has 0 N–H and O–H groups in total. The van der Waals surface area contributed by atoms with Crippen molar-refractivity contribution in [3.8, 4) is 11.1 Å². The van der Waals surface area contributed by atoms with Gasteiger partial charge in [0, 0.05) is 30.8 Å². The van der Waals surface area contributed by atoms with Crippen LogP contribution in [0.5, 0.6) is 0 Å². The molecule has 1 amide bonds. The molecule has 2 aromatic carbocycles. The number of fused-ring (bicyclic) bond motifs is 1. The standard InChI is InChI=1S/C26H25FN4O/c1-18(20-12-13-22(23(27)16-20)19-8-3-2-4-9-19)26(32)30-14-7-10-21(17-30)25-29-28-24-11-5-6-15-31(24)25/h2-6,8-9,11-13,15-16,18,21H,7,10,14,17H2,1H3/t18-,21+/m1/s1. The van der Waals surface area contributed by atoms with E-state index in [0.717, 1.165) is 29.9 Å². The van der Waals surface area contributed by atoms with Gasteiger partial charge in [-0.15, -0.1) is 10.2 Å². The number of rotatable bonds is 4. The Hall–Kier alpha value is -3.54. The van der Waals surface area contributed by atoms with Gasteiger partial charge in [0.05, 0.1) is 5.92 Å². The van der Waals surface area contributed by atoms with Gasteiger partial charge >= 0.3 is 0 Å². The second-order valence-corrected chi connectivity index (χ2v) is 8.44. The molecule has 0 aliphatic carbocycles. The van der Waals surface area contributed by atoms with E-state index in [0.29, 0.717) is 24.2 Å². The van der Waals surface area contributed by atoms with Crippen molar-refractivity contribution in [1.29, 1.82) is 0 Å². The molecule has 1 fully saturated rings. The van der Waals surface area contributed by atoms with E-state index in [2.05, 4.69) is 10.2 Å². The lowest BCUT2D eigenvalue weighted by atomic mass is 9.93. The molecule has 4 aromatic rings. The summed E-state index contributed by atoms with van der Waals surface area (Å²) in [4.78, 5) is 15.2. The van der Waals surface area contributed by atoms with Crippen LogP contribution >= 0.6 is 0 Å². The van der Waals surface area contributed by atoms with Crippen LogP contribution in [0.15, 0.2) is 72.9 Å². The van der Waals surface area contributed by atoms with Crippen LogP contribution in [0.2, 0.25) is 0 Å². The highest BCUT2D eigenvalue weighted by Gasteiger charge is 2.30. The summed E-state index contributed by atoms with van der Waals surface area (Å²) in [7, 11) is 0. The van der Waals surface area contributed by atoms with Gasteiger partial charge in [-0.1, -0.05) is 48.5 Å². The third-order valence-electron chi connectivity index (χ3n) is 6.39. The molecule has 2 atom stereocenters. The van der Waals surface area contributed by atoms with Crippen molar-refractivity contribution in [1.82, 2.24) is 19.5 Å². The largest absolute Gasteiger partial charge is 0.341 e. The first kappa shape index (κ1) is 20.4. The Labute approximate surface area is 186 Å². The predicted octanol–water partition coefficient (Wildman–Crippen LogP) is 5.05. The number of carbonyl (C=O) groups is 1. The Kier molecular flexibility index (Phi) is 5.43. The van der Waals surface area contributed by atoms with E-state index in [1.54, 1.807) is 6.07 Å². The monoisotopic (exact) mass is 428 g/mol. The number of amides is 1. The Bertz CT molecular complexity index is 1250. The number of hydrogen-bond acceptors (Lipinski definition) is 3. The van der Waals surface area contributed by atoms with Gasteiger partial charge in [-0.3, -0.25) is 9.20 Å². The molecule has 0 radical (unpaired) electrons. The van der Waals surface area contributed by atoms with Crippen LogP contribution in [0.4, 0.5) is 4.39 Å². The van der Waals surface area contributed by atoms with E-state index in [1.807, 2.05) is 77.0 Å². The van der Waals surface area contributed by atoms with E-state index in [1.165, 1.54) is 6.07 Å². The zero-order chi connectivity index (χ0) is 22.1. The lowest BCUT2D eigenvalue weighted by Gasteiger charge is -2.33. The zero-order valence-electron chi connectivity index (χ0n) is 18.0. The molecule has 2 aromatic heterocycles. The van der Waals surface area contributed by atoms with E-state index in [4.69, 9.17) is 0 Å². The Morgan fingerprint density at radius 2 is 1.88 bits per heavy atom. The van der Waals surface area contributed by atoms with E-state index < -0.39 is 5.92 Å². The first-order valence-corrected chi connectivity index (χ1v) is 11.0. The maximum absolute atomic E-state index is 14.9. The van der Waals surface area contributed by atoms with Crippen LogP contribution in [0, 0.1) is 5.82 Å². The molecule has 0 spiro atoms. The molecule has 6 heteroatoms. The average molecular weight is 429 g/mol. The number of nitrogens with zero attached hydrogens (tertiary/aromatic N) is 4. The molecule has 0 saturated carbocycles. The van der Waals surface area contributed by atoms with E-state index in [-0.39, 0.29) is 17.6 Å². The zero-order valence-corrected chi connectivity index (χ0v) is 18.0. The molecule has 3 heterocycles. The number of hydrogen-bond donors (Lipinski definition) is 0. The van der Waals surface area contributed by atoms with Gasteiger partial charge in [0.15, 0.2) is 5.65 Å². The lowest BCUT2D eigenvalue weighted by Crippen LogP contribution is -2.41. The van der Waals surface area contributed by atoms with Gasteiger partial charge in [0.2, 0.25) is 5.91 Å². The van der Waals surface area contributed by atoms with Gasteiger partial charge in [-0.2, -0.15) is 0 Å². The van der Waals surface area contributed by atoms with Gasteiger partial charge in [-0.05, 0) is 49.1 Å². The summed E-state index contributed by atoms with van der Waals surface area (Å²) in [5.41, 5.74) is 2.89. The molecule has 162 valence electrons. The second kappa shape index (κ2) is 8.54. The number of halogens is 1. The lowest BCUT2D eigenvalue weighted by molar-refractivity contribution is -0.133. The van der Waals surface area contributed by atoms with Crippen LogP contribution in [-0.2, 0) is 4.79 Å². The van der Waals surface area contributed by atoms with Crippen LogP contribution in [-0.4, -0.2) is 38.5 Å². The third-order valence-corrected chi connectivity index (χ3v) is 6.39. The summed E-state index contributed by atoms with van der Waals surface area (Å²) < 4.78 is 16.9. The average Bonchev–Trinajstić information content (AvgIpc) is 3.28.